The maximum absolute atomic E-state index is 12.9. The molecule has 0 aromatic heterocycles. The number of carbonyl (C=O) groups excluding carboxylic acids is 2. The predicted octanol–water partition coefficient (Wildman–Crippen LogP) is 5.10. The monoisotopic (exact) mass is 491 g/mol. The van der Waals surface area contributed by atoms with E-state index in [9.17, 15) is 9.59 Å². The summed E-state index contributed by atoms with van der Waals surface area (Å²) < 4.78 is 11.0. The van der Waals surface area contributed by atoms with Crippen LogP contribution < -0.4 is 20.7 Å². The summed E-state index contributed by atoms with van der Waals surface area (Å²) in [7, 11) is 0. The van der Waals surface area contributed by atoms with Gasteiger partial charge >= 0.3 is 0 Å². The summed E-state index contributed by atoms with van der Waals surface area (Å²) in [5, 5.41) is 8.58. The van der Waals surface area contributed by atoms with Crippen LogP contribution in [0.3, 0.4) is 0 Å². The zero-order chi connectivity index (χ0) is 25.2. The number of para-hydroxylation sites is 2. The van der Waals surface area contributed by atoms with Crippen LogP contribution in [0.25, 0.3) is 0 Å². The standard InChI is InChI=1S/C27H29N3O4S/c1-4-33-15-16-34-24-12-8-6-10-22(24)26(32)30-27(35)29-23-11-7-5-9-21(23)25(31)28-20-14-13-18(2)19(3)17-20/h5-14,17H,4,15-16H2,1-3H3,(H,28,31)(H2,29,30,32,35). The van der Waals surface area contributed by atoms with E-state index in [0.717, 1.165) is 11.1 Å². The normalized spacial score (nSPS) is 10.4. The molecular formula is C27H29N3O4S. The van der Waals surface area contributed by atoms with Crippen LogP contribution in [0.2, 0.25) is 0 Å². The van der Waals surface area contributed by atoms with Gasteiger partial charge < -0.3 is 20.1 Å². The van der Waals surface area contributed by atoms with Crippen molar-refractivity contribution in [2.75, 3.05) is 30.5 Å². The molecule has 3 aromatic rings. The minimum absolute atomic E-state index is 0.0607. The molecule has 0 saturated heterocycles. The zero-order valence-electron chi connectivity index (χ0n) is 20.0. The number of nitrogens with one attached hydrogen (secondary N) is 3. The van der Waals surface area contributed by atoms with Gasteiger partial charge in [0, 0.05) is 12.3 Å². The summed E-state index contributed by atoms with van der Waals surface area (Å²) in [6.45, 7) is 7.25. The van der Waals surface area contributed by atoms with Gasteiger partial charge in [0.15, 0.2) is 5.11 Å². The average molecular weight is 492 g/mol. The molecule has 0 spiro atoms. The van der Waals surface area contributed by atoms with E-state index >= 15 is 0 Å². The van der Waals surface area contributed by atoms with Crippen LogP contribution in [0.4, 0.5) is 11.4 Å². The molecule has 35 heavy (non-hydrogen) atoms. The molecule has 182 valence electrons. The lowest BCUT2D eigenvalue weighted by Gasteiger charge is -2.15. The van der Waals surface area contributed by atoms with Crippen LogP contribution in [0, 0.1) is 13.8 Å². The number of hydrogen-bond acceptors (Lipinski definition) is 5. The van der Waals surface area contributed by atoms with E-state index in [4.69, 9.17) is 21.7 Å². The van der Waals surface area contributed by atoms with Gasteiger partial charge in [0.1, 0.15) is 12.4 Å². The Kier molecular flexibility index (Phi) is 9.34. The lowest BCUT2D eigenvalue weighted by atomic mass is 10.1. The Hall–Kier alpha value is -3.75. The molecule has 3 rings (SSSR count). The summed E-state index contributed by atoms with van der Waals surface area (Å²) in [5.74, 6) is -0.286. The van der Waals surface area contributed by atoms with Gasteiger partial charge in [-0.2, -0.15) is 0 Å². The molecule has 3 N–H and O–H groups in total. The van der Waals surface area contributed by atoms with Crippen LogP contribution in [0.1, 0.15) is 38.8 Å². The molecule has 0 radical (unpaired) electrons. The van der Waals surface area contributed by atoms with E-state index in [0.29, 0.717) is 48.1 Å². The molecule has 3 aromatic carbocycles. The van der Waals surface area contributed by atoms with Gasteiger partial charge in [0.2, 0.25) is 0 Å². The molecule has 0 saturated carbocycles. The van der Waals surface area contributed by atoms with Crippen molar-refractivity contribution < 1.29 is 19.1 Å². The number of amides is 2. The Bertz CT molecular complexity index is 1210. The van der Waals surface area contributed by atoms with Crippen molar-refractivity contribution in [2.45, 2.75) is 20.8 Å². The van der Waals surface area contributed by atoms with E-state index in [2.05, 4.69) is 16.0 Å². The van der Waals surface area contributed by atoms with Crippen LogP contribution in [-0.2, 0) is 4.74 Å². The molecule has 0 unspecified atom stereocenters. The predicted molar refractivity (Wildman–Crippen MR) is 142 cm³/mol. The van der Waals surface area contributed by atoms with Crippen molar-refractivity contribution in [3.8, 4) is 5.75 Å². The lowest BCUT2D eigenvalue weighted by Crippen LogP contribution is -2.35. The van der Waals surface area contributed by atoms with Crippen molar-refractivity contribution >= 4 is 40.5 Å². The number of ether oxygens (including phenoxy) is 2. The molecule has 0 aliphatic rings. The summed E-state index contributed by atoms with van der Waals surface area (Å²) >= 11 is 5.35. The third-order valence-electron chi connectivity index (χ3n) is 5.23. The van der Waals surface area contributed by atoms with Crippen molar-refractivity contribution in [3.63, 3.8) is 0 Å². The van der Waals surface area contributed by atoms with Crippen molar-refractivity contribution in [2.24, 2.45) is 0 Å². The highest BCUT2D eigenvalue weighted by molar-refractivity contribution is 7.80. The molecule has 0 fully saturated rings. The Morgan fingerprint density at radius 1 is 0.829 bits per heavy atom. The summed E-state index contributed by atoms with van der Waals surface area (Å²) in [6, 6.07) is 19.6. The maximum atomic E-state index is 12.9. The molecule has 0 bridgehead atoms. The number of anilines is 2. The lowest BCUT2D eigenvalue weighted by molar-refractivity contribution is 0.0958. The van der Waals surface area contributed by atoms with Crippen LogP contribution in [0.15, 0.2) is 66.7 Å². The quantitative estimate of drug-likeness (QED) is 0.285. The number of rotatable bonds is 9. The van der Waals surface area contributed by atoms with Gasteiger partial charge in [-0.3, -0.25) is 14.9 Å². The maximum Gasteiger partial charge on any atom is 0.261 e. The topological polar surface area (TPSA) is 88.7 Å². The first-order chi connectivity index (χ1) is 16.9. The highest BCUT2D eigenvalue weighted by Crippen LogP contribution is 2.20. The van der Waals surface area contributed by atoms with Crippen molar-refractivity contribution in [3.05, 3.63) is 89.0 Å². The Balaban J connectivity index is 1.66. The summed E-state index contributed by atoms with van der Waals surface area (Å²) in [6.07, 6.45) is 0. The summed E-state index contributed by atoms with van der Waals surface area (Å²) in [5.41, 5.74) is 4.13. The number of aryl methyl sites for hydroxylation is 2. The first-order valence-corrected chi connectivity index (χ1v) is 11.7. The highest BCUT2D eigenvalue weighted by Gasteiger charge is 2.16. The SMILES string of the molecule is CCOCCOc1ccccc1C(=O)NC(=S)Nc1ccccc1C(=O)Nc1ccc(C)c(C)c1. The molecule has 0 aliphatic carbocycles. The van der Waals surface area contributed by atoms with Crippen molar-refractivity contribution in [1.29, 1.82) is 0 Å². The van der Waals surface area contributed by atoms with E-state index in [1.165, 1.54) is 0 Å². The molecule has 8 heteroatoms. The van der Waals surface area contributed by atoms with E-state index in [1.807, 2.05) is 39.0 Å². The molecular weight excluding hydrogens is 462 g/mol. The number of hydrogen-bond donors (Lipinski definition) is 3. The van der Waals surface area contributed by atoms with Gasteiger partial charge in [-0.15, -0.1) is 0 Å². The van der Waals surface area contributed by atoms with Gasteiger partial charge in [-0.25, -0.2) is 0 Å². The molecule has 7 nitrogen and oxygen atoms in total. The fourth-order valence-corrected chi connectivity index (χ4v) is 3.47. The number of thiocarbonyl (C=S) groups is 1. The Labute approximate surface area is 210 Å². The van der Waals surface area contributed by atoms with E-state index in [-0.39, 0.29) is 11.0 Å². The van der Waals surface area contributed by atoms with Crippen LogP contribution in [0.5, 0.6) is 5.75 Å². The highest BCUT2D eigenvalue weighted by atomic mass is 32.1. The second-order valence-corrected chi connectivity index (χ2v) is 8.16. The van der Waals surface area contributed by atoms with E-state index < -0.39 is 5.91 Å². The van der Waals surface area contributed by atoms with Gasteiger partial charge in [-0.05, 0) is 80.5 Å². The molecule has 0 aliphatic heterocycles. The van der Waals surface area contributed by atoms with Crippen LogP contribution >= 0.6 is 12.2 Å². The second kappa shape index (κ2) is 12.6. The molecule has 0 atom stereocenters. The average Bonchev–Trinajstić information content (AvgIpc) is 2.84. The first-order valence-electron chi connectivity index (χ1n) is 11.3. The molecule has 0 heterocycles. The molecule has 2 amide bonds. The Morgan fingerprint density at radius 3 is 2.29 bits per heavy atom. The van der Waals surface area contributed by atoms with E-state index in [1.54, 1.807) is 48.5 Å². The van der Waals surface area contributed by atoms with Crippen LogP contribution in [-0.4, -0.2) is 36.7 Å². The number of benzene rings is 3. The summed E-state index contributed by atoms with van der Waals surface area (Å²) in [4.78, 5) is 25.8. The number of carbonyl (C=O) groups is 2. The third-order valence-corrected chi connectivity index (χ3v) is 5.44. The zero-order valence-corrected chi connectivity index (χ0v) is 20.8. The minimum Gasteiger partial charge on any atom is -0.490 e. The third kappa shape index (κ3) is 7.37. The minimum atomic E-state index is -0.424. The second-order valence-electron chi connectivity index (χ2n) is 7.75. The first kappa shape index (κ1) is 25.9. The fourth-order valence-electron chi connectivity index (χ4n) is 3.27. The fraction of sp³-hybridized carbons (Fsp3) is 0.222. The van der Waals surface area contributed by atoms with Crippen molar-refractivity contribution in [1.82, 2.24) is 5.32 Å². The largest absolute Gasteiger partial charge is 0.490 e. The van der Waals surface area contributed by atoms with Gasteiger partial charge in [0.25, 0.3) is 11.8 Å². The van der Waals surface area contributed by atoms with Gasteiger partial charge in [-0.1, -0.05) is 30.3 Å². The van der Waals surface area contributed by atoms with Gasteiger partial charge in [0.05, 0.1) is 23.4 Å². The Morgan fingerprint density at radius 2 is 1.54 bits per heavy atom. The smallest absolute Gasteiger partial charge is 0.261 e.